The Labute approximate surface area is 106 Å². The molecule has 1 aromatic heterocycles. The standard InChI is InChI=1S/C12H9NO4S/c1-7-5-10(12(14)15)18-11(7)8-3-2-4-9(6-8)13(16)17/h2-6H,1H3,(H,14,15). The van der Waals surface area contributed by atoms with E-state index >= 15 is 0 Å². The number of nitro groups is 1. The zero-order valence-corrected chi connectivity index (χ0v) is 10.2. The Bertz CT molecular complexity index is 633. The molecular weight excluding hydrogens is 254 g/mol. The highest BCUT2D eigenvalue weighted by molar-refractivity contribution is 7.17. The molecule has 0 fully saturated rings. The van der Waals surface area contributed by atoms with Gasteiger partial charge in [-0.15, -0.1) is 11.3 Å². The summed E-state index contributed by atoms with van der Waals surface area (Å²) in [5, 5.41) is 19.6. The third kappa shape index (κ3) is 2.23. The molecule has 0 aliphatic carbocycles. The average molecular weight is 263 g/mol. The van der Waals surface area contributed by atoms with Crippen LogP contribution in [0.25, 0.3) is 10.4 Å². The van der Waals surface area contributed by atoms with Gasteiger partial charge in [-0.25, -0.2) is 4.79 Å². The number of carboxylic acid groups (broad SMARTS) is 1. The number of benzene rings is 1. The van der Waals surface area contributed by atoms with Crippen LogP contribution in [0.3, 0.4) is 0 Å². The fourth-order valence-electron chi connectivity index (χ4n) is 1.63. The van der Waals surface area contributed by atoms with Crippen LogP contribution >= 0.6 is 11.3 Å². The Morgan fingerprint density at radius 1 is 1.39 bits per heavy atom. The lowest BCUT2D eigenvalue weighted by Gasteiger charge is -1.99. The Morgan fingerprint density at radius 2 is 2.11 bits per heavy atom. The van der Waals surface area contributed by atoms with Crippen LogP contribution in [0.5, 0.6) is 0 Å². The van der Waals surface area contributed by atoms with Gasteiger partial charge in [-0.2, -0.15) is 0 Å². The maximum Gasteiger partial charge on any atom is 0.345 e. The van der Waals surface area contributed by atoms with Gasteiger partial charge >= 0.3 is 5.97 Å². The number of rotatable bonds is 3. The van der Waals surface area contributed by atoms with Crippen molar-refractivity contribution in [1.82, 2.24) is 0 Å². The molecule has 0 aliphatic heterocycles. The van der Waals surface area contributed by atoms with Gasteiger partial charge < -0.3 is 5.11 Å². The van der Waals surface area contributed by atoms with Gasteiger partial charge in [-0.1, -0.05) is 12.1 Å². The van der Waals surface area contributed by atoms with Crippen LogP contribution in [0.2, 0.25) is 0 Å². The van der Waals surface area contributed by atoms with E-state index < -0.39 is 10.9 Å². The third-order valence-electron chi connectivity index (χ3n) is 2.45. The van der Waals surface area contributed by atoms with E-state index in [0.717, 1.165) is 21.8 Å². The molecule has 0 bridgehead atoms. The molecule has 0 spiro atoms. The Kier molecular flexibility index (Phi) is 3.12. The van der Waals surface area contributed by atoms with Crippen molar-refractivity contribution in [3.05, 3.63) is 50.9 Å². The lowest BCUT2D eigenvalue weighted by molar-refractivity contribution is -0.384. The molecule has 1 N–H and O–H groups in total. The van der Waals surface area contributed by atoms with Crippen molar-refractivity contribution in [3.8, 4) is 10.4 Å². The first kappa shape index (κ1) is 12.3. The van der Waals surface area contributed by atoms with E-state index in [9.17, 15) is 14.9 Å². The number of aromatic carboxylic acids is 1. The molecule has 5 nitrogen and oxygen atoms in total. The second-order valence-electron chi connectivity index (χ2n) is 3.74. The fourth-order valence-corrected chi connectivity index (χ4v) is 2.64. The van der Waals surface area contributed by atoms with Crippen LogP contribution in [0.15, 0.2) is 30.3 Å². The molecule has 2 aromatic rings. The molecule has 6 heteroatoms. The molecule has 0 unspecified atom stereocenters. The van der Waals surface area contributed by atoms with E-state index in [2.05, 4.69) is 0 Å². The van der Waals surface area contributed by atoms with Crippen molar-refractivity contribution >= 4 is 23.0 Å². The first-order valence-electron chi connectivity index (χ1n) is 5.07. The number of thiophene rings is 1. The molecule has 0 atom stereocenters. The minimum atomic E-state index is -0.986. The van der Waals surface area contributed by atoms with Crippen LogP contribution in [0.1, 0.15) is 15.2 Å². The minimum Gasteiger partial charge on any atom is -0.477 e. The molecule has 0 saturated carbocycles. The zero-order chi connectivity index (χ0) is 13.3. The molecule has 18 heavy (non-hydrogen) atoms. The van der Waals surface area contributed by atoms with Gasteiger partial charge in [0.25, 0.3) is 5.69 Å². The summed E-state index contributed by atoms with van der Waals surface area (Å²) in [4.78, 5) is 22.1. The van der Waals surface area contributed by atoms with E-state index in [0.29, 0.717) is 5.56 Å². The Morgan fingerprint density at radius 3 is 2.67 bits per heavy atom. The predicted molar refractivity (Wildman–Crippen MR) is 68.1 cm³/mol. The summed E-state index contributed by atoms with van der Waals surface area (Å²) in [6, 6.07) is 7.75. The highest BCUT2D eigenvalue weighted by Gasteiger charge is 2.14. The molecule has 0 amide bonds. The SMILES string of the molecule is Cc1cc(C(=O)O)sc1-c1cccc([N+](=O)[O-])c1. The van der Waals surface area contributed by atoms with Gasteiger partial charge in [-0.05, 0) is 24.1 Å². The van der Waals surface area contributed by atoms with Crippen LogP contribution < -0.4 is 0 Å². The number of hydrogen-bond acceptors (Lipinski definition) is 4. The summed E-state index contributed by atoms with van der Waals surface area (Å²) in [7, 11) is 0. The molecule has 1 heterocycles. The number of nitrogens with zero attached hydrogens (tertiary/aromatic N) is 1. The zero-order valence-electron chi connectivity index (χ0n) is 9.41. The average Bonchev–Trinajstić information content (AvgIpc) is 2.72. The molecule has 0 aliphatic rings. The van der Waals surface area contributed by atoms with Crippen LogP contribution in [0, 0.1) is 17.0 Å². The van der Waals surface area contributed by atoms with Gasteiger partial charge in [0.15, 0.2) is 0 Å². The summed E-state index contributed by atoms with van der Waals surface area (Å²) in [5.74, 6) is -0.986. The maximum absolute atomic E-state index is 10.9. The van der Waals surface area contributed by atoms with Gasteiger partial charge in [0.1, 0.15) is 4.88 Å². The number of nitro benzene ring substituents is 1. The fraction of sp³-hybridized carbons (Fsp3) is 0.0833. The lowest BCUT2D eigenvalue weighted by atomic mass is 10.1. The normalized spacial score (nSPS) is 10.3. The van der Waals surface area contributed by atoms with E-state index in [1.54, 1.807) is 25.1 Å². The predicted octanol–water partition coefficient (Wildman–Crippen LogP) is 3.33. The second-order valence-corrected chi connectivity index (χ2v) is 4.79. The van der Waals surface area contributed by atoms with Crippen molar-refractivity contribution in [2.24, 2.45) is 0 Å². The molecular formula is C12H9NO4S. The molecule has 1 aromatic carbocycles. The van der Waals surface area contributed by atoms with Crippen molar-refractivity contribution in [1.29, 1.82) is 0 Å². The summed E-state index contributed by atoms with van der Waals surface area (Å²) in [5.41, 5.74) is 1.47. The van der Waals surface area contributed by atoms with Gasteiger partial charge in [0.2, 0.25) is 0 Å². The second kappa shape index (κ2) is 4.58. The number of non-ortho nitro benzene ring substituents is 1. The summed E-state index contributed by atoms with van der Waals surface area (Å²) >= 11 is 1.12. The van der Waals surface area contributed by atoms with Crippen molar-refractivity contribution in [2.75, 3.05) is 0 Å². The first-order chi connectivity index (χ1) is 8.49. The number of hydrogen-bond donors (Lipinski definition) is 1. The smallest absolute Gasteiger partial charge is 0.345 e. The summed E-state index contributed by atoms with van der Waals surface area (Å²) in [6.07, 6.45) is 0. The largest absolute Gasteiger partial charge is 0.477 e. The highest BCUT2D eigenvalue weighted by atomic mass is 32.1. The van der Waals surface area contributed by atoms with E-state index in [1.165, 1.54) is 12.1 Å². The number of carbonyl (C=O) groups is 1. The van der Waals surface area contributed by atoms with Crippen molar-refractivity contribution < 1.29 is 14.8 Å². The molecule has 0 radical (unpaired) electrons. The molecule has 0 saturated heterocycles. The Balaban J connectivity index is 2.51. The van der Waals surface area contributed by atoms with Gasteiger partial charge in [0, 0.05) is 17.0 Å². The van der Waals surface area contributed by atoms with Crippen LogP contribution in [-0.2, 0) is 0 Å². The topological polar surface area (TPSA) is 80.4 Å². The molecule has 92 valence electrons. The quantitative estimate of drug-likeness (QED) is 0.680. The lowest BCUT2D eigenvalue weighted by Crippen LogP contribution is -1.89. The van der Waals surface area contributed by atoms with E-state index in [-0.39, 0.29) is 10.6 Å². The third-order valence-corrected chi connectivity index (χ3v) is 3.72. The van der Waals surface area contributed by atoms with Gasteiger partial charge in [-0.3, -0.25) is 10.1 Å². The van der Waals surface area contributed by atoms with Crippen LogP contribution in [0.4, 0.5) is 5.69 Å². The highest BCUT2D eigenvalue weighted by Crippen LogP contribution is 2.33. The van der Waals surface area contributed by atoms with Crippen LogP contribution in [-0.4, -0.2) is 16.0 Å². The summed E-state index contributed by atoms with van der Waals surface area (Å²) in [6.45, 7) is 1.79. The maximum atomic E-state index is 10.9. The number of aryl methyl sites for hydroxylation is 1. The van der Waals surface area contributed by atoms with Crippen molar-refractivity contribution in [2.45, 2.75) is 6.92 Å². The Hall–Kier alpha value is -2.21. The monoisotopic (exact) mass is 263 g/mol. The molecule has 2 rings (SSSR count). The van der Waals surface area contributed by atoms with E-state index in [4.69, 9.17) is 5.11 Å². The minimum absolute atomic E-state index is 0.00262. The first-order valence-corrected chi connectivity index (χ1v) is 5.89. The van der Waals surface area contributed by atoms with Gasteiger partial charge in [0.05, 0.1) is 4.92 Å². The van der Waals surface area contributed by atoms with Crippen molar-refractivity contribution in [3.63, 3.8) is 0 Å². The summed E-state index contributed by atoms with van der Waals surface area (Å²) < 4.78 is 0. The number of carboxylic acids is 1. The van der Waals surface area contributed by atoms with E-state index in [1.807, 2.05) is 0 Å².